The number of hydrogen-bond acceptors (Lipinski definition) is 6. The highest BCUT2D eigenvalue weighted by Gasteiger charge is 2.22. The Hall–Kier alpha value is -2.34. The first kappa shape index (κ1) is 14.1. The minimum atomic E-state index is -0.592. The Bertz CT molecular complexity index is 605. The Morgan fingerprint density at radius 2 is 2.00 bits per heavy atom. The van der Waals surface area contributed by atoms with Gasteiger partial charge in [-0.05, 0) is 12.1 Å². The Balaban J connectivity index is 2.50. The number of carbonyl (C=O) groups excluding carboxylic acids is 1. The van der Waals surface area contributed by atoms with Crippen LogP contribution in [0.4, 0.5) is 0 Å². The van der Waals surface area contributed by atoms with Crippen LogP contribution in [0.1, 0.15) is 16.2 Å². The van der Waals surface area contributed by atoms with Crippen molar-refractivity contribution in [1.29, 1.82) is 0 Å². The van der Waals surface area contributed by atoms with Gasteiger partial charge in [0.1, 0.15) is 11.4 Å². The van der Waals surface area contributed by atoms with Crippen LogP contribution in [0.2, 0.25) is 0 Å². The highest BCUT2D eigenvalue weighted by molar-refractivity contribution is 5.88. The monoisotopic (exact) mass is 277 g/mol. The number of esters is 1. The lowest BCUT2D eigenvalue weighted by Crippen LogP contribution is -2.04. The average Bonchev–Trinajstić information content (AvgIpc) is 2.90. The van der Waals surface area contributed by atoms with Gasteiger partial charge in [0.25, 0.3) is 0 Å². The van der Waals surface area contributed by atoms with E-state index < -0.39 is 5.97 Å². The third-order valence-electron chi connectivity index (χ3n) is 2.69. The fourth-order valence-electron chi connectivity index (χ4n) is 1.77. The molecule has 1 aromatic heterocycles. The van der Waals surface area contributed by atoms with Gasteiger partial charge in [-0.1, -0.05) is 12.1 Å². The number of hydrogen-bond donors (Lipinski definition) is 0. The van der Waals surface area contributed by atoms with Crippen molar-refractivity contribution in [2.45, 2.75) is 6.61 Å². The zero-order chi connectivity index (χ0) is 14.5. The molecular formula is C14H15NO5. The van der Waals surface area contributed by atoms with Crippen LogP contribution in [0, 0.1) is 0 Å². The number of rotatable bonds is 5. The number of nitrogens with zero attached hydrogens (tertiary/aromatic N) is 1. The first-order chi connectivity index (χ1) is 9.71. The summed E-state index contributed by atoms with van der Waals surface area (Å²) in [6.07, 6.45) is 0. The van der Waals surface area contributed by atoms with Crippen molar-refractivity contribution < 1.29 is 23.4 Å². The van der Waals surface area contributed by atoms with Crippen LogP contribution in [-0.4, -0.2) is 32.3 Å². The normalized spacial score (nSPS) is 10.3. The number of para-hydroxylation sites is 1. The van der Waals surface area contributed by atoms with Crippen LogP contribution >= 0.6 is 0 Å². The van der Waals surface area contributed by atoms with Crippen molar-refractivity contribution in [2.75, 3.05) is 21.3 Å². The van der Waals surface area contributed by atoms with Gasteiger partial charge in [-0.25, -0.2) is 9.78 Å². The highest BCUT2D eigenvalue weighted by atomic mass is 16.5. The molecule has 0 fully saturated rings. The maximum absolute atomic E-state index is 11.7. The van der Waals surface area contributed by atoms with Gasteiger partial charge >= 0.3 is 5.97 Å². The van der Waals surface area contributed by atoms with E-state index >= 15 is 0 Å². The largest absolute Gasteiger partial charge is 0.496 e. The molecule has 0 aliphatic heterocycles. The molecule has 106 valence electrons. The number of benzene rings is 1. The van der Waals surface area contributed by atoms with E-state index in [1.807, 2.05) is 12.1 Å². The van der Waals surface area contributed by atoms with E-state index in [2.05, 4.69) is 9.72 Å². The third kappa shape index (κ3) is 2.65. The van der Waals surface area contributed by atoms with E-state index in [1.165, 1.54) is 14.2 Å². The quantitative estimate of drug-likeness (QED) is 0.781. The summed E-state index contributed by atoms with van der Waals surface area (Å²) >= 11 is 0. The number of carbonyl (C=O) groups is 1. The summed E-state index contributed by atoms with van der Waals surface area (Å²) in [4.78, 5) is 15.9. The van der Waals surface area contributed by atoms with Gasteiger partial charge in [0, 0.05) is 7.11 Å². The predicted octanol–water partition coefficient (Wildman–Crippen LogP) is 2.28. The fraction of sp³-hybridized carbons (Fsp3) is 0.286. The Kier molecular flexibility index (Phi) is 4.37. The van der Waals surface area contributed by atoms with Gasteiger partial charge in [0.15, 0.2) is 0 Å². The summed E-state index contributed by atoms with van der Waals surface area (Å²) in [6.45, 7) is 0.156. The van der Waals surface area contributed by atoms with Gasteiger partial charge in [-0.3, -0.25) is 0 Å². The molecule has 6 nitrogen and oxygen atoms in total. The molecule has 0 saturated heterocycles. The topological polar surface area (TPSA) is 70.8 Å². The Morgan fingerprint density at radius 1 is 1.25 bits per heavy atom. The van der Waals surface area contributed by atoms with Crippen LogP contribution in [0.25, 0.3) is 11.5 Å². The molecule has 0 N–H and O–H groups in total. The van der Waals surface area contributed by atoms with Gasteiger partial charge in [-0.15, -0.1) is 0 Å². The highest BCUT2D eigenvalue weighted by Crippen LogP contribution is 2.30. The lowest BCUT2D eigenvalue weighted by atomic mass is 10.2. The van der Waals surface area contributed by atoms with Crippen LogP contribution in [0.5, 0.6) is 5.75 Å². The molecule has 0 aliphatic carbocycles. The SMILES string of the molecule is COCc1nc(-c2ccccc2OC)oc1C(=O)OC. The second kappa shape index (κ2) is 6.21. The molecule has 0 spiro atoms. The van der Waals surface area contributed by atoms with Gasteiger partial charge in [0.2, 0.25) is 11.7 Å². The smallest absolute Gasteiger partial charge is 0.376 e. The summed E-state index contributed by atoms with van der Waals surface area (Å²) in [5, 5.41) is 0. The van der Waals surface area contributed by atoms with Crippen molar-refractivity contribution in [3.63, 3.8) is 0 Å². The molecule has 0 atom stereocenters. The number of ether oxygens (including phenoxy) is 3. The molecule has 0 radical (unpaired) electrons. The first-order valence-corrected chi connectivity index (χ1v) is 5.91. The first-order valence-electron chi connectivity index (χ1n) is 5.91. The maximum Gasteiger partial charge on any atom is 0.376 e. The minimum absolute atomic E-state index is 0.0373. The van der Waals surface area contributed by atoms with E-state index in [-0.39, 0.29) is 18.3 Å². The lowest BCUT2D eigenvalue weighted by molar-refractivity contribution is 0.0559. The number of aromatic nitrogens is 1. The van der Waals surface area contributed by atoms with Crippen molar-refractivity contribution in [3.8, 4) is 17.2 Å². The second-order valence-electron chi connectivity index (χ2n) is 3.92. The number of methoxy groups -OCH3 is 3. The Labute approximate surface area is 116 Å². The zero-order valence-electron chi connectivity index (χ0n) is 11.5. The number of oxazole rings is 1. The van der Waals surface area contributed by atoms with E-state index in [9.17, 15) is 4.79 Å². The molecule has 0 saturated carbocycles. The molecule has 0 bridgehead atoms. The predicted molar refractivity (Wildman–Crippen MR) is 70.5 cm³/mol. The standard InChI is InChI=1S/C14H15NO5/c1-17-8-10-12(14(16)19-3)20-13(15-10)9-6-4-5-7-11(9)18-2/h4-7H,8H2,1-3H3. The summed E-state index contributed by atoms with van der Waals surface area (Å²) in [5.74, 6) is 0.338. The van der Waals surface area contributed by atoms with Gasteiger partial charge < -0.3 is 18.6 Å². The molecule has 2 rings (SSSR count). The van der Waals surface area contributed by atoms with Gasteiger partial charge in [-0.2, -0.15) is 0 Å². The molecule has 1 aromatic carbocycles. The van der Waals surface area contributed by atoms with E-state index in [0.29, 0.717) is 17.0 Å². The maximum atomic E-state index is 11.7. The van der Waals surface area contributed by atoms with Crippen LogP contribution in [0.3, 0.4) is 0 Å². The Morgan fingerprint density at radius 3 is 2.65 bits per heavy atom. The van der Waals surface area contributed by atoms with Crippen LogP contribution in [-0.2, 0) is 16.1 Å². The van der Waals surface area contributed by atoms with Crippen LogP contribution in [0.15, 0.2) is 28.7 Å². The van der Waals surface area contributed by atoms with Crippen molar-refractivity contribution >= 4 is 5.97 Å². The van der Waals surface area contributed by atoms with Crippen molar-refractivity contribution in [3.05, 3.63) is 35.7 Å². The van der Waals surface area contributed by atoms with E-state index in [4.69, 9.17) is 13.9 Å². The minimum Gasteiger partial charge on any atom is -0.496 e. The molecule has 20 heavy (non-hydrogen) atoms. The summed E-state index contributed by atoms with van der Waals surface area (Å²) in [6, 6.07) is 7.24. The van der Waals surface area contributed by atoms with E-state index in [1.54, 1.807) is 19.2 Å². The van der Waals surface area contributed by atoms with Crippen molar-refractivity contribution in [1.82, 2.24) is 4.98 Å². The fourth-order valence-corrected chi connectivity index (χ4v) is 1.77. The van der Waals surface area contributed by atoms with Gasteiger partial charge in [0.05, 0.1) is 26.4 Å². The molecule has 2 aromatic rings. The lowest BCUT2D eigenvalue weighted by Gasteiger charge is -2.03. The molecule has 0 amide bonds. The van der Waals surface area contributed by atoms with Crippen LogP contribution < -0.4 is 4.74 Å². The molecule has 0 unspecified atom stereocenters. The molecular weight excluding hydrogens is 262 g/mol. The average molecular weight is 277 g/mol. The zero-order valence-corrected chi connectivity index (χ0v) is 11.5. The summed E-state index contributed by atoms with van der Waals surface area (Å²) < 4.78 is 20.4. The molecule has 0 aliphatic rings. The summed E-state index contributed by atoms with van der Waals surface area (Å²) in [7, 11) is 4.35. The van der Waals surface area contributed by atoms with E-state index in [0.717, 1.165) is 0 Å². The second-order valence-corrected chi connectivity index (χ2v) is 3.92. The molecule has 1 heterocycles. The third-order valence-corrected chi connectivity index (χ3v) is 2.69. The van der Waals surface area contributed by atoms with Crippen molar-refractivity contribution in [2.24, 2.45) is 0 Å². The molecule has 6 heteroatoms. The summed E-state index contributed by atoms with van der Waals surface area (Å²) in [5.41, 5.74) is 1.04.